The van der Waals surface area contributed by atoms with Gasteiger partial charge in [-0.2, -0.15) is 0 Å². The number of hydrogen-bond donors (Lipinski definition) is 0. The summed E-state index contributed by atoms with van der Waals surface area (Å²) in [6.45, 7) is 4.00. The number of benzene rings is 1. The van der Waals surface area contributed by atoms with Gasteiger partial charge in [0.2, 0.25) is 0 Å². The Kier molecular flexibility index (Phi) is 4.20. The lowest BCUT2D eigenvalue weighted by atomic mass is 10.2. The Hall–Kier alpha value is -1.28. The number of hydrogen-bond acceptors (Lipinski definition) is 2. The molecule has 1 heterocycles. The Balaban J connectivity index is 0.000000461. The Morgan fingerprint density at radius 2 is 2.00 bits per heavy atom. The van der Waals surface area contributed by atoms with Gasteiger partial charge in [-0.1, -0.05) is 42.7 Å². The zero-order chi connectivity index (χ0) is 10.4. The first-order chi connectivity index (χ1) is 6.86. The first-order valence-corrected chi connectivity index (χ1v) is 4.91. The summed E-state index contributed by atoms with van der Waals surface area (Å²) >= 11 is 5.80. The lowest BCUT2D eigenvalue weighted by Gasteiger charge is -1.94. The number of halogens is 1. The molecule has 0 amide bonds. The zero-order valence-corrected chi connectivity index (χ0v) is 8.95. The number of nitrogens with zero attached hydrogens (tertiary/aromatic N) is 1. The molecule has 1 aromatic carbocycles. The van der Waals surface area contributed by atoms with E-state index in [-0.39, 0.29) is 0 Å². The van der Waals surface area contributed by atoms with Gasteiger partial charge in [0.15, 0.2) is 5.76 Å². The molecule has 3 heteroatoms. The topological polar surface area (TPSA) is 26.0 Å². The molecule has 0 aliphatic rings. The van der Waals surface area contributed by atoms with E-state index in [9.17, 15) is 0 Å². The summed E-state index contributed by atoms with van der Waals surface area (Å²) in [5.41, 5.74) is 0.944. The highest BCUT2D eigenvalue weighted by molar-refractivity contribution is 6.30. The lowest BCUT2D eigenvalue weighted by Crippen LogP contribution is -1.72. The van der Waals surface area contributed by atoms with Crippen molar-refractivity contribution in [3.63, 3.8) is 0 Å². The average molecular weight is 210 g/mol. The summed E-state index contributed by atoms with van der Waals surface area (Å²) in [5, 5.41) is 4.31. The molecule has 2 rings (SSSR count). The monoisotopic (exact) mass is 209 g/mol. The van der Waals surface area contributed by atoms with Crippen LogP contribution in [0.25, 0.3) is 11.3 Å². The second kappa shape index (κ2) is 5.45. The quantitative estimate of drug-likeness (QED) is 0.709. The molecule has 0 saturated carbocycles. The van der Waals surface area contributed by atoms with Crippen molar-refractivity contribution in [3.05, 3.63) is 41.6 Å². The van der Waals surface area contributed by atoms with E-state index in [1.807, 2.05) is 38.1 Å². The maximum atomic E-state index is 5.80. The van der Waals surface area contributed by atoms with Crippen LogP contribution in [0.15, 0.2) is 41.1 Å². The van der Waals surface area contributed by atoms with E-state index in [4.69, 9.17) is 16.1 Å². The van der Waals surface area contributed by atoms with Crippen LogP contribution < -0.4 is 0 Å². The number of aromatic nitrogens is 1. The van der Waals surface area contributed by atoms with Crippen molar-refractivity contribution < 1.29 is 4.52 Å². The summed E-state index contributed by atoms with van der Waals surface area (Å²) in [7, 11) is 0. The molecule has 0 N–H and O–H groups in total. The highest BCUT2D eigenvalue weighted by Gasteiger charge is 2.00. The van der Waals surface area contributed by atoms with Gasteiger partial charge in [-0.15, -0.1) is 0 Å². The van der Waals surface area contributed by atoms with Crippen LogP contribution in [0.5, 0.6) is 0 Å². The minimum absolute atomic E-state index is 0.698. The Morgan fingerprint density at radius 3 is 2.57 bits per heavy atom. The zero-order valence-electron chi connectivity index (χ0n) is 8.20. The van der Waals surface area contributed by atoms with Gasteiger partial charge in [-0.05, 0) is 12.1 Å². The van der Waals surface area contributed by atoms with Gasteiger partial charge in [0.1, 0.15) is 0 Å². The van der Waals surface area contributed by atoms with Gasteiger partial charge in [-0.25, -0.2) is 0 Å². The Labute approximate surface area is 88.5 Å². The SMILES string of the molecule is CC.Clc1cccc(-c2ccno2)c1. The van der Waals surface area contributed by atoms with E-state index in [1.54, 1.807) is 12.3 Å². The highest BCUT2D eigenvalue weighted by atomic mass is 35.5. The van der Waals surface area contributed by atoms with Crippen molar-refractivity contribution >= 4 is 11.6 Å². The third kappa shape index (κ3) is 2.60. The van der Waals surface area contributed by atoms with E-state index in [0.29, 0.717) is 5.02 Å². The van der Waals surface area contributed by atoms with Crippen LogP contribution in [-0.2, 0) is 0 Å². The molecule has 0 aliphatic heterocycles. The van der Waals surface area contributed by atoms with Crippen LogP contribution in [0.4, 0.5) is 0 Å². The van der Waals surface area contributed by atoms with Crippen molar-refractivity contribution in [1.29, 1.82) is 0 Å². The molecule has 0 bridgehead atoms. The first-order valence-electron chi connectivity index (χ1n) is 4.53. The Morgan fingerprint density at radius 1 is 1.21 bits per heavy atom. The van der Waals surface area contributed by atoms with Crippen molar-refractivity contribution in [2.24, 2.45) is 0 Å². The minimum Gasteiger partial charge on any atom is -0.356 e. The van der Waals surface area contributed by atoms with E-state index < -0.39 is 0 Å². The second-order valence-corrected chi connectivity index (χ2v) is 2.82. The fourth-order valence-corrected chi connectivity index (χ4v) is 1.20. The molecule has 0 atom stereocenters. The highest BCUT2D eigenvalue weighted by Crippen LogP contribution is 2.21. The summed E-state index contributed by atoms with van der Waals surface area (Å²) < 4.78 is 4.97. The van der Waals surface area contributed by atoms with Gasteiger partial charge in [0, 0.05) is 16.7 Å². The predicted octanol–water partition coefficient (Wildman–Crippen LogP) is 4.02. The van der Waals surface area contributed by atoms with E-state index >= 15 is 0 Å². The van der Waals surface area contributed by atoms with E-state index in [2.05, 4.69) is 5.16 Å². The van der Waals surface area contributed by atoms with Gasteiger partial charge in [0.25, 0.3) is 0 Å². The molecule has 1 aromatic heterocycles. The Bertz CT molecular complexity index is 371. The predicted molar refractivity (Wildman–Crippen MR) is 58.3 cm³/mol. The van der Waals surface area contributed by atoms with Crippen LogP contribution in [-0.4, -0.2) is 5.16 Å². The third-order valence-electron chi connectivity index (χ3n) is 1.55. The maximum Gasteiger partial charge on any atom is 0.166 e. The van der Waals surface area contributed by atoms with Crippen LogP contribution in [0.3, 0.4) is 0 Å². The normalized spacial score (nSPS) is 9.07. The molecule has 2 aromatic rings. The van der Waals surface area contributed by atoms with Crippen molar-refractivity contribution in [2.45, 2.75) is 13.8 Å². The van der Waals surface area contributed by atoms with Gasteiger partial charge < -0.3 is 4.52 Å². The first kappa shape index (κ1) is 10.8. The summed E-state index contributed by atoms with van der Waals surface area (Å²) in [4.78, 5) is 0. The number of rotatable bonds is 1. The summed E-state index contributed by atoms with van der Waals surface area (Å²) in [5.74, 6) is 0.734. The lowest BCUT2D eigenvalue weighted by molar-refractivity contribution is 0.432. The van der Waals surface area contributed by atoms with Crippen molar-refractivity contribution in [3.8, 4) is 11.3 Å². The van der Waals surface area contributed by atoms with Crippen LogP contribution in [0, 0.1) is 0 Å². The van der Waals surface area contributed by atoms with Gasteiger partial charge in [0.05, 0.1) is 6.20 Å². The maximum absolute atomic E-state index is 5.80. The van der Waals surface area contributed by atoms with Gasteiger partial charge in [-0.3, -0.25) is 0 Å². The minimum atomic E-state index is 0.698. The smallest absolute Gasteiger partial charge is 0.166 e. The molecule has 0 spiro atoms. The molecule has 0 unspecified atom stereocenters. The van der Waals surface area contributed by atoms with Crippen molar-refractivity contribution in [1.82, 2.24) is 5.16 Å². The molecule has 2 nitrogen and oxygen atoms in total. The fraction of sp³-hybridized carbons (Fsp3) is 0.182. The van der Waals surface area contributed by atoms with Crippen molar-refractivity contribution in [2.75, 3.05) is 0 Å². The molecular formula is C11H12ClNO. The largest absolute Gasteiger partial charge is 0.356 e. The summed E-state index contributed by atoms with van der Waals surface area (Å²) in [6.07, 6.45) is 1.61. The molecule has 0 aliphatic carbocycles. The second-order valence-electron chi connectivity index (χ2n) is 2.39. The van der Waals surface area contributed by atoms with Crippen LogP contribution in [0.1, 0.15) is 13.8 Å². The van der Waals surface area contributed by atoms with Crippen LogP contribution >= 0.6 is 11.6 Å². The van der Waals surface area contributed by atoms with E-state index in [1.165, 1.54) is 0 Å². The van der Waals surface area contributed by atoms with E-state index in [0.717, 1.165) is 11.3 Å². The van der Waals surface area contributed by atoms with Crippen LogP contribution in [0.2, 0.25) is 5.02 Å². The standard InChI is InChI=1S/C9H6ClNO.C2H6/c10-8-3-1-2-7(6-8)9-4-5-11-12-9;1-2/h1-6H;1-2H3. The fourth-order valence-electron chi connectivity index (χ4n) is 1.01. The third-order valence-corrected chi connectivity index (χ3v) is 1.78. The average Bonchev–Trinajstić information content (AvgIpc) is 2.74. The molecule has 74 valence electrons. The summed E-state index contributed by atoms with van der Waals surface area (Å²) in [6, 6.07) is 9.25. The molecular weight excluding hydrogens is 198 g/mol. The molecule has 0 radical (unpaired) electrons. The van der Waals surface area contributed by atoms with Gasteiger partial charge >= 0.3 is 0 Å². The molecule has 0 saturated heterocycles. The molecule has 0 fully saturated rings. The molecule has 14 heavy (non-hydrogen) atoms.